The summed E-state index contributed by atoms with van der Waals surface area (Å²) >= 11 is 0. The molecule has 0 N–H and O–H groups in total. The second-order valence-corrected chi connectivity index (χ2v) is 5.66. The van der Waals surface area contributed by atoms with Crippen LogP contribution in [-0.2, 0) is 4.79 Å². The van der Waals surface area contributed by atoms with E-state index in [9.17, 15) is 4.79 Å². The zero-order chi connectivity index (χ0) is 13.0. The summed E-state index contributed by atoms with van der Waals surface area (Å²) in [5.41, 5.74) is 4.32. The quantitative estimate of drug-likeness (QED) is 0.547. The third kappa shape index (κ3) is 2.93. The monoisotopic (exact) mass is 247 g/mol. The Labute approximate surface area is 111 Å². The minimum atomic E-state index is 0.333. The average molecular weight is 247 g/mol. The van der Waals surface area contributed by atoms with E-state index in [1.165, 1.54) is 37.7 Å². The zero-order valence-corrected chi connectivity index (χ0v) is 11.6. The number of ketones is 1. The first-order valence-electron chi connectivity index (χ1n) is 7.42. The van der Waals surface area contributed by atoms with Crippen molar-refractivity contribution < 1.29 is 4.79 Å². The van der Waals surface area contributed by atoms with E-state index in [2.05, 4.69) is 24.1 Å². The normalized spacial score (nSPS) is 28.3. The molecule has 2 heterocycles. The number of carbonyl (C=O) groups is 1. The van der Waals surface area contributed by atoms with Gasteiger partial charge in [0, 0.05) is 31.5 Å². The molecular weight excluding hydrogens is 222 g/mol. The van der Waals surface area contributed by atoms with Crippen LogP contribution in [0.25, 0.3) is 0 Å². The lowest BCUT2D eigenvalue weighted by Crippen LogP contribution is -2.46. The highest BCUT2D eigenvalue weighted by Crippen LogP contribution is 2.34. The molecule has 0 bridgehead atoms. The molecule has 2 aliphatic rings. The van der Waals surface area contributed by atoms with Gasteiger partial charge in [-0.05, 0) is 18.4 Å². The molecule has 0 aromatic carbocycles. The molecular formula is C16H25NO. The van der Waals surface area contributed by atoms with Gasteiger partial charge in [-0.25, -0.2) is 0 Å². The minimum Gasteiger partial charge on any atom is -0.300 e. The maximum Gasteiger partial charge on any atom is 0.136 e. The van der Waals surface area contributed by atoms with Crippen molar-refractivity contribution in [3.63, 3.8) is 0 Å². The first-order valence-corrected chi connectivity index (χ1v) is 7.42. The Hall–Kier alpha value is -0.850. The Bertz CT molecular complexity index is 354. The van der Waals surface area contributed by atoms with Crippen LogP contribution in [0.4, 0.5) is 0 Å². The van der Waals surface area contributed by atoms with E-state index < -0.39 is 0 Å². The van der Waals surface area contributed by atoms with E-state index >= 15 is 0 Å². The fourth-order valence-electron chi connectivity index (χ4n) is 3.41. The van der Waals surface area contributed by atoms with E-state index in [-0.39, 0.29) is 0 Å². The summed E-state index contributed by atoms with van der Waals surface area (Å²) in [5.74, 6) is 0.436. The largest absolute Gasteiger partial charge is 0.300 e. The van der Waals surface area contributed by atoms with Gasteiger partial charge in [-0.1, -0.05) is 39.2 Å². The smallest absolute Gasteiger partial charge is 0.136 e. The van der Waals surface area contributed by atoms with Crippen LogP contribution >= 0.6 is 0 Å². The number of carbonyl (C=O) groups excluding carboxylic acids is 1. The Morgan fingerprint density at radius 1 is 1.33 bits per heavy atom. The molecule has 18 heavy (non-hydrogen) atoms. The van der Waals surface area contributed by atoms with Crippen LogP contribution in [0.2, 0.25) is 0 Å². The summed E-state index contributed by atoms with van der Waals surface area (Å²) in [4.78, 5) is 14.4. The van der Waals surface area contributed by atoms with Crippen LogP contribution in [0.1, 0.15) is 58.3 Å². The summed E-state index contributed by atoms with van der Waals surface area (Å²) < 4.78 is 0. The summed E-state index contributed by atoms with van der Waals surface area (Å²) in [6.07, 6.45) is 8.89. The van der Waals surface area contributed by atoms with Crippen molar-refractivity contribution in [3.8, 4) is 0 Å². The summed E-state index contributed by atoms with van der Waals surface area (Å²) in [5, 5.41) is 0. The van der Waals surface area contributed by atoms with Crippen LogP contribution in [0.5, 0.6) is 0 Å². The molecule has 0 radical (unpaired) electrons. The predicted molar refractivity (Wildman–Crippen MR) is 74.6 cm³/mol. The van der Waals surface area contributed by atoms with Crippen LogP contribution < -0.4 is 0 Å². The molecule has 2 atom stereocenters. The number of piperidine rings is 1. The molecule has 0 spiro atoms. The topological polar surface area (TPSA) is 20.3 Å². The molecule has 2 fully saturated rings. The minimum absolute atomic E-state index is 0.333. The van der Waals surface area contributed by atoms with Crippen molar-refractivity contribution in [2.75, 3.05) is 6.54 Å². The van der Waals surface area contributed by atoms with E-state index in [0.29, 0.717) is 24.3 Å². The van der Waals surface area contributed by atoms with Gasteiger partial charge in [-0.15, -0.1) is 5.73 Å². The molecule has 2 aliphatic heterocycles. The lowest BCUT2D eigenvalue weighted by Gasteiger charge is -2.37. The molecule has 0 aromatic heterocycles. The van der Waals surface area contributed by atoms with Gasteiger partial charge in [0.1, 0.15) is 5.78 Å². The molecule has 0 amide bonds. The fraction of sp³-hybridized carbons (Fsp3) is 0.750. The number of hydrogen-bond donors (Lipinski definition) is 0. The van der Waals surface area contributed by atoms with Gasteiger partial charge in [0.05, 0.1) is 0 Å². The van der Waals surface area contributed by atoms with Gasteiger partial charge >= 0.3 is 0 Å². The standard InChI is InChI=1S/C16H25NO/c1-3-5-6-7-8-14-11-15(18)12-16-13(4-2)9-10-17(14)16/h14,16H,2-3,5-12H2,1H3/t14-,16+/m1/s1. The molecule has 100 valence electrons. The third-order valence-electron chi connectivity index (χ3n) is 4.41. The number of nitrogens with zero attached hydrogens (tertiary/aromatic N) is 1. The van der Waals surface area contributed by atoms with Crippen LogP contribution in [-0.4, -0.2) is 29.3 Å². The highest BCUT2D eigenvalue weighted by atomic mass is 16.1. The Balaban J connectivity index is 1.93. The Morgan fingerprint density at radius 2 is 2.17 bits per heavy atom. The van der Waals surface area contributed by atoms with Crippen molar-refractivity contribution in [2.45, 2.75) is 70.4 Å². The van der Waals surface area contributed by atoms with Gasteiger partial charge in [-0.2, -0.15) is 0 Å². The second kappa shape index (κ2) is 6.36. The van der Waals surface area contributed by atoms with Crippen molar-refractivity contribution in [2.24, 2.45) is 0 Å². The number of fused-ring (bicyclic) bond motifs is 1. The molecule has 0 saturated carbocycles. The van der Waals surface area contributed by atoms with Crippen LogP contribution in [0.15, 0.2) is 17.9 Å². The third-order valence-corrected chi connectivity index (χ3v) is 4.41. The molecule has 0 unspecified atom stereocenters. The SMILES string of the molecule is C=C=C1CCN2[C@H](CCCCCC)CC(=O)C[C@@H]12. The summed E-state index contributed by atoms with van der Waals surface area (Å²) in [7, 11) is 0. The molecule has 2 nitrogen and oxygen atoms in total. The van der Waals surface area contributed by atoms with Gasteiger partial charge in [0.2, 0.25) is 0 Å². The van der Waals surface area contributed by atoms with E-state index in [1.807, 2.05) is 0 Å². The van der Waals surface area contributed by atoms with Crippen molar-refractivity contribution >= 4 is 5.78 Å². The first kappa shape index (κ1) is 13.6. The maximum atomic E-state index is 11.9. The summed E-state index contributed by atoms with van der Waals surface area (Å²) in [6.45, 7) is 7.11. The van der Waals surface area contributed by atoms with E-state index in [1.54, 1.807) is 0 Å². The number of Topliss-reactive ketones (excluding diaryl/α,β-unsaturated/α-hetero) is 1. The van der Waals surface area contributed by atoms with E-state index in [0.717, 1.165) is 19.4 Å². The van der Waals surface area contributed by atoms with Crippen molar-refractivity contribution in [1.82, 2.24) is 4.90 Å². The lowest BCUT2D eigenvalue weighted by molar-refractivity contribution is -0.124. The lowest BCUT2D eigenvalue weighted by atomic mass is 9.90. The van der Waals surface area contributed by atoms with Crippen molar-refractivity contribution in [3.05, 3.63) is 17.9 Å². The van der Waals surface area contributed by atoms with Crippen molar-refractivity contribution in [1.29, 1.82) is 0 Å². The summed E-state index contributed by atoms with van der Waals surface area (Å²) in [6, 6.07) is 0.818. The Kier molecular flexibility index (Phi) is 4.79. The molecule has 2 rings (SSSR count). The van der Waals surface area contributed by atoms with Gasteiger partial charge in [0.15, 0.2) is 0 Å². The molecule has 0 aliphatic carbocycles. The van der Waals surface area contributed by atoms with Gasteiger partial charge < -0.3 is 0 Å². The molecule has 2 heteroatoms. The highest BCUT2D eigenvalue weighted by Gasteiger charge is 2.39. The number of rotatable bonds is 5. The van der Waals surface area contributed by atoms with E-state index in [4.69, 9.17) is 0 Å². The molecule has 2 saturated heterocycles. The highest BCUT2D eigenvalue weighted by molar-refractivity contribution is 5.81. The second-order valence-electron chi connectivity index (χ2n) is 5.66. The van der Waals surface area contributed by atoms with Gasteiger partial charge in [0.25, 0.3) is 0 Å². The first-order chi connectivity index (χ1) is 8.76. The Morgan fingerprint density at radius 3 is 2.89 bits per heavy atom. The number of hydrogen-bond acceptors (Lipinski definition) is 2. The maximum absolute atomic E-state index is 11.9. The van der Waals surface area contributed by atoms with Crippen LogP contribution in [0.3, 0.4) is 0 Å². The zero-order valence-electron chi connectivity index (χ0n) is 11.6. The fourth-order valence-corrected chi connectivity index (χ4v) is 3.41. The van der Waals surface area contributed by atoms with Crippen LogP contribution in [0, 0.1) is 0 Å². The van der Waals surface area contributed by atoms with Gasteiger partial charge in [-0.3, -0.25) is 9.69 Å². The average Bonchev–Trinajstić information content (AvgIpc) is 2.77. The predicted octanol–water partition coefficient (Wildman–Crippen LogP) is 3.47. The molecule has 0 aromatic rings. The number of unbranched alkanes of at least 4 members (excludes halogenated alkanes) is 3.